The van der Waals surface area contributed by atoms with Crippen molar-refractivity contribution in [2.75, 3.05) is 11.9 Å². The number of rotatable bonds is 5. The highest BCUT2D eigenvalue weighted by Gasteiger charge is 2.05. The van der Waals surface area contributed by atoms with E-state index >= 15 is 0 Å². The molecule has 1 aromatic carbocycles. The minimum Gasteiger partial charge on any atom is -0.360 e. The molecule has 2 aromatic rings. The third-order valence-electron chi connectivity index (χ3n) is 2.56. The summed E-state index contributed by atoms with van der Waals surface area (Å²) in [7, 11) is 0. The number of aromatic nitrogens is 2. The van der Waals surface area contributed by atoms with Crippen LogP contribution < -0.4 is 5.32 Å². The third kappa shape index (κ3) is 3.03. The summed E-state index contributed by atoms with van der Waals surface area (Å²) >= 11 is 1.61. The van der Waals surface area contributed by atoms with Gasteiger partial charge in [-0.3, -0.25) is 0 Å². The topological polar surface area (TPSA) is 37.8 Å². The highest BCUT2D eigenvalue weighted by molar-refractivity contribution is 7.18. The molecule has 0 fully saturated rings. The van der Waals surface area contributed by atoms with Gasteiger partial charge in [0.15, 0.2) is 0 Å². The van der Waals surface area contributed by atoms with Gasteiger partial charge in [0.1, 0.15) is 5.01 Å². The molecule has 0 aliphatic carbocycles. The zero-order valence-corrected chi connectivity index (χ0v) is 11.0. The van der Waals surface area contributed by atoms with Crippen molar-refractivity contribution in [3.05, 3.63) is 29.8 Å². The molecule has 0 aliphatic rings. The number of benzene rings is 1. The van der Waals surface area contributed by atoms with Crippen LogP contribution in [0, 0.1) is 0 Å². The number of anilines is 1. The molecule has 0 unspecified atom stereocenters. The highest BCUT2D eigenvalue weighted by atomic mass is 32.1. The Morgan fingerprint density at radius 1 is 1.12 bits per heavy atom. The molecule has 3 nitrogen and oxygen atoms in total. The summed E-state index contributed by atoms with van der Waals surface area (Å²) in [5.74, 6) is 0. The van der Waals surface area contributed by atoms with E-state index in [-0.39, 0.29) is 0 Å². The van der Waals surface area contributed by atoms with Crippen LogP contribution in [-0.2, 0) is 6.42 Å². The van der Waals surface area contributed by atoms with Gasteiger partial charge in [0.05, 0.1) is 0 Å². The van der Waals surface area contributed by atoms with Gasteiger partial charge < -0.3 is 5.32 Å². The number of nitrogens with zero attached hydrogens (tertiary/aromatic N) is 2. The smallest absolute Gasteiger partial charge is 0.206 e. The lowest BCUT2D eigenvalue weighted by Gasteiger charge is -1.98. The van der Waals surface area contributed by atoms with Crippen molar-refractivity contribution >= 4 is 16.5 Å². The average Bonchev–Trinajstić information content (AvgIpc) is 2.85. The van der Waals surface area contributed by atoms with Crippen LogP contribution in [0.4, 0.5) is 5.13 Å². The Hall–Kier alpha value is -1.42. The van der Waals surface area contributed by atoms with Crippen LogP contribution in [0.25, 0.3) is 10.6 Å². The molecule has 2 rings (SSSR count). The summed E-state index contributed by atoms with van der Waals surface area (Å²) in [6, 6.07) is 8.53. The molecular formula is C13H17N3S. The minimum absolute atomic E-state index is 0.904. The zero-order valence-electron chi connectivity index (χ0n) is 10.2. The Labute approximate surface area is 106 Å². The van der Waals surface area contributed by atoms with E-state index in [2.05, 4.69) is 53.6 Å². The minimum atomic E-state index is 0.904. The second kappa shape index (κ2) is 5.77. The Morgan fingerprint density at radius 3 is 2.53 bits per heavy atom. The molecular weight excluding hydrogens is 230 g/mol. The molecule has 17 heavy (non-hydrogen) atoms. The number of hydrogen-bond acceptors (Lipinski definition) is 4. The van der Waals surface area contributed by atoms with Gasteiger partial charge in [0.2, 0.25) is 5.13 Å². The Morgan fingerprint density at radius 2 is 1.88 bits per heavy atom. The van der Waals surface area contributed by atoms with Crippen molar-refractivity contribution in [2.24, 2.45) is 0 Å². The van der Waals surface area contributed by atoms with Crippen LogP contribution in [0.15, 0.2) is 24.3 Å². The monoisotopic (exact) mass is 247 g/mol. The van der Waals surface area contributed by atoms with Crippen molar-refractivity contribution in [1.29, 1.82) is 0 Å². The lowest BCUT2D eigenvalue weighted by molar-refractivity contribution is 0.964. The molecule has 0 saturated carbocycles. The number of nitrogens with one attached hydrogen (secondary N) is 1. The van der Waals surface area contributed by atoms with Crippen LogP contribution in [0.5, 0.6) is 0 Å². The van der Waals surface area contributed by atoms with E-state index in [0.717, 1.165) is 35.1 Å². The normalized spacial score (nSPS) is 10.5. The molecule has 0 atom stereocenters. The van der Waals surface area contributed by atoms with E-state index in [9.17, 15) is 0 Å². The average molecular weight is 247 g/mol. The first-order valence-electron chi connectivity index (χ1n) is 6.00. The van der Waals surface area contributed by atoms with Crippen LogP contribution in [-0.4, -0.2) is 16.7 Å². The third-order valence-corrected chi connectivity index (χ3v) is 3.49. The molecule has 0 saturated heterocycles. The predicted molar refractivity (Wildman–Crippen MR) is 73.5 cm³/mol. The van der Waals surface area contributed by atoms with E-state index in [0.29, 0.717) is 0 Å². The van der Waals surface area contributed by atoms with E-state index in [1.54, 1.807) is 11.3 Å². The molecule has 0 amide bonds. The van der Waals surface area contributed by atoms with Gasteiger partial charge in [0, 0.05) is 12.1 Å². The second-order valence-electron chi connectivity index (χ2n) is 3.89. The van der Waals surface area contributed by atoms with Crippen molar-refractivity contribution in [1.82, 2.24) is 10.2 Å². The molecule has 0 spiro atoms. The van der Waals surface area contributed by atoms with Crippen LogP contribution in [0.2, 0.25) is 0 Å². The Bertz CT molecular complexity index is 462. The lowest BCUT2D eigenvalue weighted by atomic mass is 10.1. The van der Waals surface area contributed by atoms with Gasteiger partial charge in [-0.25, -0.2) is 0 Å². The first kappa shape index (κ1) is 12.0. The summed E-state index contributed by atoms with van der Waals surface area (Å²) in [6.45, 7) is 5.24. The fraction of sp³-hybridized carbons (Fsp3) is 0.385. The van der Waals surface area contributed by atoms with Crippen LogP contribution in [0.3, 0.4) is 0 Å². The summed E-state index contributed by atoms with van der Waals surface area (Å²) in [6.07, 6.45) is 2.17. The Balaban J connectivity index is 2.12. The Kier molecular flexibility index (Phi) is 4.09. The fourth-order valence-corrected chi connectivity index (χ4v) is 2.30. The number of aryl methyl sites for hydroxylation is 1. The first-order valence-corrected chi connectivity index (χ1v) is 6.81. The van der Waals surface area contributed by atoms with Crippen LogP contribution in [0.1, 0.15) is 25.8 Å². The molecule has 0 bridgehead atoms. The summed E-state index contributed by atoms with van der Waals surface area (Å²) in [4.78, 5) is 0. The van der Waals surface area contributed by atoms with E-state index < -0.39 is 0 Å². The fourth-order valence-electron chi connectivity index (χ4n) is 1.53. The van der Waals surface area contributed by atoms with Crippen molar-refractivity contribution in [2.45, 2.75) is 26.7 Å². The van der Waals surface area contributed by atoms with Gasteiger partial charge >= 0.3 is 0 Å². The summed E-state index contributed by atoms with van der Waals surface area (Å²) < 4.78 is 0. The van der Waals surface area contributed by atoms with Crippen molar-refractivity contribution < 1.29 is 0 Å². The second-order valence-corrected chi connectivity index (χ2v) is 4.87. The van der Waals surface area contributed by atoms with Crippen molar-refractivity contribution in [3.8, 4) is 10.6 Å². The number of hydrogen-bond donors (Lipinski definition) is 1. The van der Waals surface area contributed by atoms with Gasteiger partial charge in [-0.05, 0) is 18.4 Å². The van der Waals surface area contributed by atoms with Gasteiger partial charge in [-0.1, -0.05) is 49.4 Å². The summed E-state index contributed by atoms with van der Waals surface area (Å²) in [5, 5.41) is 13.5. The van der Waals surface area contributed by atoms with E-state index in [1.165, 1.54) is 5.56 Å². The molecule has 1 aromatic heterocycles. The van der Waals surface area contributed by atoms with Gasteiger partial charge in [-0.15, -0.1) is 10.2 Å². The van der Waals surface area contributed by atoms with Gasteiger partial charge in [-0.2, -0.15) is 0 Å². The molecule has 0 aliphatic heterocycles. The van der Waals surface area contributed by atoms with E-state index in [4.69, 9.17) is 0 Å². The lowest BCUT2D eigenvalue weighted by Crippen LogP contribution is -1.98. The summed E-state index contributed by atoms with van der Waals surface area (Å²) in [5.41, 5.74) is 2.49. The largest absolute Gasteiger partial charge is 0.360 e. The van der Waals surface area contributed by atoms with Crippen LogP contribution >= 0.6 is 11.3 Å². The molecule has 1 N–H and O–H groups in total. The highest BCUT2D eigenvalue weighted by Crippen LogP contribution is 2.26. The molecule has 1 heterocycles. The SMILES string of the molecule is CCCNc1nnc(-c2ccc(CC)cc2)s1. The maximum atomic E-state index is 4.20. The van der Waals surface area contributed by atoms with Gasteiger partial charge in [0.25, 0.3) is 0 Å². The maximum absolute atomic E-state index is 4.20. The molecule has 0 radical (unpaired) electrons. The molecule has 4 heteroatoms. The quantitative estimate of drug-likeness (QED) is 0.877. The van der Waals surface area contributed by atoms with E-state index in [1.807, 2.05) is 0 Å². The predicted octanol–water partition coefficient (Wildman–Crippen LogP) is 3.59. The first-order chi connectivity index (χ1) is 8.33. The van der Waals surface area contributed by atoms with Crippen molar-refractivity contribution in [3.63, 3.8) is 0 Å². The molecule has 90 valence electrons. The standard InChI is InChI=1S/C13H17N3S/c1-3-9-14-13-16-15-12(17-13)11-7-5-10(4-2)6-8-11/h5-8H,3-4,9H2,1-2H3,(H,14,16). The maximum Gasteiger partial charge on any atom is 0.206 e. The zero-order chi connectivity index (χ0) is 12.1.